The number of piperazine rings is 1. The van der Waals surface area contributed by atoms with Crippen molar-refractivity contribution in [2.75, 3.05) is 56.5 Å². The molecule has 0 spiro atoms. The van der Waals surface area contributed by atoms with Crippen molar-refractivity contribution in [1.29, 1.82) is 0 Å². The number of nitrogens with one attached hydrogen (secondary N) is 1. The molecule has 9 heteroatoms. The molecule has 7 nitrogen and oxygen atoms in total. The number of carbonyl (C=O) groups is 1. The summed E-state index contributed by atoms with van der Waals surface area (Å²) in [5.74, 6) is -0.529. The molecule has 33 heavy (non-hydrogen) atoms. The molecule has 4 rings (SSSR count). The molecule has 0 bridgehead atoms. The molecule has 0 saturated carbocycles. The summed E-state index contributed by atoms with van der Waals surface area (Å²) in [5.41, 5.74) is 2.94. The maximum Gasteiger partial charge on any atom is 0.243 e. The van der Waals surface area contributed by atoms with Crippen molar-refractivity contribution in [3.8, 4) is 0 Å². The quantitative estimate of drug-likeness (QED) is 0.695. The van der Waals surface area contributed by atoms with Crippen LogP contribution in [0.25, 0.3) is 0 Å². The van der Waals surface area contributed by atoms with Gasteiger partial charge >= 0.3 is 0 Å². The van der Waals surface area contributed by atoms with Gasteiger partial charge in [0.25, 0.3) is 0 Å². The summed E-state index contributed by atoms with van der Waals surface area (Å²) in [4.78, 5) is 17.9. The first-order valence-electron chi connectivity index (χ1n) is 11.3. The van der Waals surface area contributed by atoms with Crippen LogP contribution in [0.15, 0.2) is 47.4 Å². The molecule has 2 saturated heterocycles. The average molecular weight is 491 g/mol. The maximum absolute atomic E-state index is 13.0. The maximum atomic E-state index is 13.0. The van der Waals surface area contributed by atoms with Gasteiger partial charge in [0.1, 0.15) is 0 Å². The highest BCUT2D eigenvalue weighted by Gasteiger charge is 2.33. The van der Waals surface area contributed by atoms with Gasteiger partial charge in [0.2, 0.25) is 15.9 Å². The zero-order chi connectivity index (χ0) is 23.6. The van der Waals surface area contributed by atoms with Gasteiger partial charge in [0.15, 0.2) is 0 Å². The number of halogens is 1. The first-order chi connectivity index (χ1) is 15.7. The Bertz CT molecular complexity index is 1100. The van der Waals surface area contributed by atoms with E-state index in [2.05, 4.69) is 28.2 Å². The fourth-order valence-corrected chi connectivity index (χ4v) is 6.06. The van der Waals surface area contributed by atoms with Gasteiger partial charge in [0.05, 0.1) is 10.8 Å². The number of hydrogen-bond donors (Lipinski definition) is 1. The summed E-state index contributed by atoms with van der Waals surface area (Å²) in [6, 6.07) is 12.3. The van der Waals surface area contributed by atoms with Gasteiger partial charge < -0.3 is 15.1 Å². The summed E-state index contributed by atoms with van der Waals surface area (Å²) in [7, 11) is -1.53. The number of piperidine rings is 1. The summed E-state index contributed by atoms with van der Waals surface area (Å²) < 4.78 is 27.5. The molecular formula is C24H31ClN4O3S. The molecule has 0 aromatic heterocycles. The van der Waals surface area contributed by atoms with Crippen molar-refractivity contribution in [3.63, 3.8) is 0 Å². The number of nitrogens with zero attached hydrogens (tertiary/aromatic N) is 3. The lowest BCUT2D eigenvalue weighted by atomic mass is 9.98. The monoisotopic (exact) mass is 490 g/mol. The van der Waals surface area contributed by atoms with Crippen LogP contribution in [-0.2, 0) is 14.8 Å². The van der Waals surface area contributed by atoms with E-state index in [1.54, 1.807) is 12.1 Å². The predicted octanol–water partition coefficient (Wildman–Crippen LogP) is 3.44. The van der Waals surface area contributed by atoms with Gasteiger partial charge in [-0.1, -0.05) is 11.6 Å². The highest BCUT2D eigenvalue weighted by Crippen LogP contribution is 2.28. The van der Waals surface area contributed by atoms with Crippen LogP contribution in [0.3, 0.4) is 0 Å². The number of hydrogen-bond acceptors (Lipinski definition) is 5. The van der Waals surface area contributed by atoms with Crippen LogP contribution in [0, 0.1) is 12.8 Å². The summed E-state index contributed by atoms with van der Waals surface area (Å²) in [6.45, 7) is 6.63. The second-order valence-electron chi connectivity index (χ2n) is 8.93. The lowest BCUT2D eigenvalue weighted by Crippen LogP contribution is -2.44. The minimum absolute atomic E-state index is 0.138. The van der Waals surface area contributed by atoms with Gasteiger partial charge in [-0.15, -0.1) is 0 Å². The standard InChI is InChI=1S/C24H31ClN4O3S/c1-18-16-21(28-14-12-27(2)13-15-28)7-10-23(18)26-24(30)19-4-3-11-29(17-19)33(31,32)22-8-5-20(25)6-9-22/h5-10,16,19H,3-4,11-15,17H2,1-2H3,(H,26,30)/t19-/m1/s1. The van der Waals surface area contributed by atoms with Crippen LogP contribution in [0.2, 0.25) is 5.02 Å². The Hall–Kier alpha value is -2.13. The van der Waals surface area contributed by atoms with Crippen molar-refractivity contribution in [2.45, 2.75) is 24.7 Å². The van der Waals surface area contributed by atoms with E-state index in [1.807, 2.05) is 19.1 Å². The third-order valence-electron chi connectivity index (χ3n) is 6.54. The van der Waals surface area contributed by atoms with Crippen molar-refractivity contribution in [1.82, 2.24) is 9.21 Å². The lowest BCUT2D eigenvalue weighted by molar-refractivity contribution is -0.120. The van der Waals surface area contributed by atoms with Crippen LogP contribution in [0.1, 0.15) is 18.4 Å². The lowest BCUT2D eigenvalue weighted by Gasteiger charge is -2.34. The first kappa shape index (κ1) is 24.0. The average Bonchev–Trinajstić information content (AvgIpc) is 2.81. The fourth-order valence-electron chi connectivity index (χ4n) is 4.41. The Kier molecular flexibility index (Phi) is 7.28. The number of anilines is 2. The highest BCUT2D eigenvalue weighted by molar-refractivity contribution is 7.89. The van der Waals surface area contributed by atoms with Gasteiger partial charge in [-0.3, -0.25) is 4.79 Å². The highest BCUT2D eigenvalue weighted by atomic mass is 35.5. The van der Waals surface area contributed by atoms with Crippen LogP contribution in [0.4, 0.5) is 11.4 Å². The molecule has 2 aromatic rings. The first-order valence-corrected chi connectivity index (χ1v) is 13.2. The molecule has 1 amide bonds. The smallest absolute Gasteiger partial charge is 0.243 e. The van der Waals surface area contributed by atoms with E-state index in [0.29, 0.717) is 24.4 Å². The molecule has 1 atom stereocenters. The third-order valence-corrected chi connectivity index (χ3v) is 8.67. The van der Waals surface area contributed by atoms with Crippen molar-refractivity contribution < 1.29 is 13.2 Å². The minimum Gasteiger partial charge on any atom is -0.369 e. The van der Waals surface area contributed by atoms with Crippen molar-refractivity contribution in [2.24, 2.45) is 5.92 Å². The van der Waals surface area contributed by atoms with Gasteiger partial charge in [-0.2, -0.15) is 4.31 Å². The normalized spacial score (nSPS) is 20.6. The van der Waals surface area contributed by atoms with E-state index in [0.717, 1.165) is 43.1 Å². The number of sulfonamides is 1. The van der Waals surface area contributed by atoms with Gasteiger partial charge in [-0.25, -0.2) is 8.42 Å². The van der Waals surface area contributed by atoms with Gasteiger partial charge in [0, 0.05) is 55.7 Å². The Morgan fingerprint density at radius 2 is 1.73 bits per heavy atom. The van der Waals surface area contributed by atoms with E-state index in [9.17, 15) is 13.2 Å². The zero-order valence-electron chi connectivity index (χ0n) is 19.1. The Morgan fingerprint density at radius 3 is 2.39 bits per heavy atom. The van der Waals surface area contributed by atoms with Crippen molar-refractivity contribution >= 4 is 38.9 Å². The summed E-state index contributed by atoms with van der Waals surface area (Å²) >= 11 is 5.90. The zero-order valence-corrected chi connectivity index (χ0v) is 20.7. The fraction of sp³-hybridized carbons (Fsp3) is 0.458. The topological polar surface area (TPSA) is 73.0 Å². The van der Waals surface area contributed by atoms with Crippen molar-refractivity contribution in [3.05, 3.63) is 53.1 Å². The number of amides is 1. The van der Waals surface area contributed by atoms with E-state index < -0.39 is 15.9 Å². The van der Waals surface area contributed by atoms with Gasteiger partial charge in [-0.05, 0) is 74.8 Å². The van der Waals surface area contributed by atoms with Crippen LogP contribution >= 0.6 is 11.6 Å². The predicted molar refractivity (Wildman–Crippen MR) is 132 cm³/mol. The minimum atomic E-state index is -3.66. The largest absolute Gasteiger partial charge is 0.369 e. The van der Waals surface area contributed by atoms with E-state index in [-0.39, 0.29) is 17.3 Å². The second-order valence-corrected chi connectivity index (χ2v) is 11.3. The second kappa shape index (κ2) is 10.0. The molecule has 0 radical (unpaired) electrons. The Balaban J connectivity index is 1.41. The van der Waals surface area contributed by atoms with E-state index in [1.165, 1.54) is 16.4 Å². The SMILES string of the molecule is Cc1cc(N2CCN(C)CC2)ccc1NC(=O)[C@@H]1CCCN(S(=O)(=O)c2ccc(Cl)cc2)C1. The number of carbonyl (C=O) groups excluding carboxylic acids is 1. The summed E-state index contributed by atoms with van der Waals surface area (Å²) in [6.07, 6.45) is 1.31. The van der Waals surface area contributed by atoms with Crippen LogP contribution < -0.4 is 10.2 Å². The molecule has 0 unspecified atom stereocenters. The molecule has 2 aliphatic heterocycles. The molecular weight excluding hydrogens is 460 g/mol. The van der Waals surface area contributed by atoms with Crippen LogP contribution in [-0.4, -0.2) is 69.8 Å². The number of aryl methyl sites for hydroxylation is 1. The van der Waals surface area contributed by atoms with E-state index in [4.69, 9.17) is 11.6 Å². The molecule has 0 aliphatic carbocycles. The Labute approximate surface area is 201 Å². The number of likely N-dealkylation sites (N-methyl/N-ethyl adjacent to an activating group) is 1. The number of rotatable bonds is 5. The molecule has 1 N–H and O–H groups in total. The number of benzene rings is 2. The molecule has 2 aromatic carbocycles. The molecule has 178 valence electrons. The Morgan fingerprint density at radius 1 is 1.03 bits per heavy atom. The van der Waals surface area contributed by atoms with Crippen LogP contribution in [0.5, 0.6) is 0 Å². The molecule has 2 heterocycles. The third kappa shape index (κ3) is 5.51. The molecule has 2 aliphatic rings. The molecule has 2 fully saturated rings. The summed E-state index contributed by atoms with van der Waals surface area (Å²) in [5, 5.41) is 3.52. The van der Waals surface area contributed by atoms with E-state index >= 15 is 0 Å².